The van der Waals surface area contributed by atoms with Gasteiger partial charge in [-0.2, -0.15) is 5.26 Å². The molecular formula is C14H16N2O3S. The first-order chi connectivity index (χ1) is 9.56. The number of carbonyl (C=O) groups is 2. The minimum Gasteiger partial charge on any atom is -0.481 e. The van der Waals surface area contributed by atoms with Gasteiger partial charge in [0.25, 0.3) is 0 Å². The zero-order valence-corrected chi connectivity index (χ0v) is 11.9. The van der Waals surface area contributed by atoms with Gasteiger partial charge in [0, 0.05) is 0 Å². The number of nitriles is 1. The molecule has 0 aliphatic heterocycles. The lowest BCUT2D eigenvalue weighted by Gasteiger charge is -2.14. The summed E-state index contributed by atoms with van der Waals surface area (Å²) in [7, 11) is 0. The van der Waals surface area contributed by atoms with Crippen molar-refractivity contribution in [2.75, 3.05) is 5.32 Å². The summed E-state index contributed by atoms with van der Waals surface area (Å²) < 4.78 is 0. The monoisotopic (exact) mass is 292 g/mol. The summed E-state index contributed by atoms with van der Waals surface area (Å²) in [6.45, 7) is 2.01. The fourth-order valence-corrected chi connectivity index (χ4v) is 3.48. The average Bonchev–Trinajstić information content (AvgIpc) is 3.04. The minimum atomic E-state index is -0.909. The maximum absolute atomic E-state index is 12.3. The Kier molecular flexibility index (Phi) is 4.40. The Labute approximate surface area is 121 Å². The Morgan fingerprint density at radius 3 is 2.80 bits per heavy atom. The van der Waals surface area contributed by atoms with Gasteiger partial charge in [-0.1, -0.05) is 13.3 Å². The highest BCUT2D eigenvalue weighted by atomic mass is 32.1. The second kappa shape index (κ2) is 6.06. The van der Waals surface area contributed by atoms with E-state index in [0.717, 1.165) is 6.42 Å². The summed E-state index contributed by atoms with van der Waals surface area (Å²) in [4.78, 5) is 23.6. The van der Waals surface area contributed by atoms with E-state index in [-0.39, 0.29) is 11.8 Å². The molecule has 1 aliphatic rings. The van der Waals surface area contributed by atoms with Crippen molar-refractivity contribution in [2.24, 2.45) is 17.8 Å². The zero-order valence-electron chi connectivity index (χ0n) is 11.1. The number of hydrogen-bond donors (Lipinski definition) is 2. The summed E-state index contributed by atoms with van der Waals surface area (Å²) in [5.74, 6) is -2.04. The van der Waals surface area contributed by atoms with Gasteiger partial charge >= 0.3 is 5.97 Å². The molecule has 0 radical (unpaired) electrons. The van der Waals surface area contributed by atoms with Crippen LogP contribution in [0.5, 0.6) is 0 Å². The summed E-state index contributed by atoms with van der Waals surface area (Å²) in [5, 5.41) is 23.1. The first kappa shape index (κ1) is 14.5. The number of amides is 1. The fraction of sp³-hybridized carbons (Fsp3) is 0.500. The van der Waals surface area contributed by atoms with E-state index in [0.29, 0.717) is 23.4 Å². The van der Waals surface area contributed by atoms with Gasteiger partial charge in [0.1, 0.15) is 11.1 Å². The van der Waals surface area contributed by atoms with Crippen molar-refractivity contribution >= 4 is 28.2 Å². The van der Waals surface area contributed by atoms with Crippen molar-refractivity contribution < 1.29 is 14.7 Å². The van der Waals surface area contributed by atoms with E-state index in [1.54, 1.807) is 11.4 Å². The van der Waals surface area contributed by atoms with Crippen LogP contribution in [0.4, 0.5) is 5.00 Å². The Hall–Kier alpha value is -1.87. The van der Waals surface area contributed by atoms with Crippen LogP contribution >= 0.6 is 11.3 Å². The van der Waals surface area contributed by atoms with E-state index >= 15 is 0 Å². The summed E-state index contributed by atoms with van der Waals surface area (Å²) in [6, 6.07) is 3.64. The van der Waals surface area contributed by atoms with Gasteiger partial charge in [-0.3, -0.25) is 9.59 Å². The van der Waals surface area contributed by atoms with Crippen LogP contribution in [0.2, 0.25) is 0 Å². The maximum Gasteiger partial charge on any atom is 0.307 e. The number of rotatable bonds is 4. The number of carboxylic acid groups (broad SMARTS) is 1. The lowest BCUT2D eigenvalue weighted by atomic mass is 9.95. The van der Waals surface area contributed by atoms with Gasteiger partial charge < -0.3 is 10.4 Å². The molecule has 5 nitrogen and oxygen atoms in total. The van der Waals surface area contributed by atoms with E-state index in [1.165, 1.54) is 11.3 Å². The molecule has 1 aromatic rings. The topological polar surface area (TPSA) is 90.2 Å². The summed E-state index contributed by atoms with van der Waals surface area (Å²) in [6.07, 6.45) is 2.04. The quantitative estimate of drug-likeness (QED) is 0.892. The lowest BCUT2D eigenvalue weighted by Crippen LogP contribution is -2.29. The van der Waals surface area contributed by atoms with Crippen LogP contribution < -0.4 is 5.32 Å². The van der Waals surface area contributed by atoms with Crippen LogP contribution in [0.25, 0.3) is 0 Å². The number of hydrogen-bond acceptors (Lipinski definition) is 4. The molecular weight excluding hydrogens is 276 g/mol. The third-order valence-corrected chi connectivity index (χ3v) is 4.74. The molecule has 0 spiro atoms. The molecule has 3 unspecified atom stereocenters. The van der Waals surface area contributed by atoms with Crippen molar-refractivity contribution in [3.8, 4) is 6.07 Å². The first-order valence-electron chi connectivity index (χ1n) is 6.58. The molecule has 1 fully saturated rings. The van der Waals surface area contributed by atoms with Crippen LogP contribution in [0.15, 0.2) is 11.4 Å². The molecule has 1 heterocycles. The van der Waals surface area contributed by atoms with Crippen molar-refractivity contribution in [1.82, 2.24) is 0 Å². The molecule has 106 valence electrons. The van der Waals surface area contributed by atoms with Gasteiger partial charge in [0.05, 0.1) is 17.4 Å². The molecule has 2 rings (SSSR count). The van der Waals surface area contributed by atoms with Gasteiger partial charge in [-0.15, -0.1) is 11.3 Å². The van der Waals surface area contributed by atoms with E-state index in [1.807, 2.05) is 13.0 Å². The number of nitrogens with zero attached hydrogens (tertiary/aromatic N) is 1. The highest BCUT2D eigenvalue weighted by Crippen LogP contribution is 2.39. The molecule has 1 saturated carbocycles. The average molecular weight is 292 g/mol. The second-order valence-corrected chi connectivity index (χ2v) is 5.98. The standard InChI is InChI=1S/C14H16N2O3S/c1-2-8-5-10(11(6-8)14(18)19)12(17)16-13-9(7-15)3-4-20-13/h3-4,8,10-11H,2,5-6H2,1H3,(H,16,17)(H,18,19). The molecule has 6 heteroatoms. The van der Waals surface area contributed by atoms with Gasteiger partial charge in [-0.25, -0.2) is 0 Å². The van der Waals surface area contributed by atoms with Gasteiger partial charge in [0.15, 0.2) is 0 Å². The molecule has 1 aromatic heterocycles. The van der Waals surface area contributed by atoms with Crippen molar-refractivity contribution in [3.63, 3.8) is 0 Å². The molecule has 20 heavy (non-hydrogen) atoms. The number of aliphatic carboxylic acids is 1. The minimum absolute atomic E-state index is 0.283. The fourth-order valence-electron chi connectivity index (χ4n) is 2.74. The molecule has 1 aliphatic carbocycles. The third kappa shape index (κ3) is 2.83. The SMILES string of the molecule is CCC1CC(C(=O)O)C(C(=O)Nc2sccc2C#N)C1. The molecule has 0 saturated heterocycles. The predicted octanol–water partition coefficient (Wildman–Crippen LogP) is 2.70. The third-order valence-electron chi connectivity index (χ3n) is 3.91. The molecule has 2 N–H and O–H groups in total. The summed E-state index contributed by atoms with van der Waals surface area (Å²) in [5.41, 5.74) is 0.417. The Morgan fingerprint density at radius 1 is 1.50 bits per heavy atom. The van der Waals surface area contributed by atoms with E-state index in [2.05, 4.69) is 5.32 Å². The smallest absolute Gasteiger partial charge is 0.307 e. The highest BCUT2D eigenvalue weighted by molar-refractivity contribution is 7.14. The number of nitrogens with one attached hydrogen (secondary N) is 1. The second-order valence-electron chi connectivity index (χ2n) is 5.06. The number of carboxylic acids is 1. The van der Waals surface area contributed by atoms with Crippen molar-refractivity contribution in [1.29, 1.82) is 5.26 Å². The van der Waals surface area contributed by atoms with Crippen molar-refractivity contribution in [2.45, 2.75) is 26.2 Å². The first-order valence-corrected chi connectivity index (χ1v) is 7.46. The molecule has 0 bridgehead atoms. The molecule has 1 amide bonds. The van der Waals surface area contributed by atoms with Crippen LogP contribution in [-0.2, 0) is 9.59 Å². The number of thiophene rings is 1. The van der Waals surface area contributed by atoms with Crippen molar-refractivity contribution in [3.05, 3.63) is 17.0 Å². The Balaban J connectivity index is 2.12. The highest BCUT2D eigenvalue weighted by Gasteiger charge is 2.42. The van der Waals surface area contributed by atoms with Gasteiger partial charge in [-0.05, 0) is 30.2 Å². The number of anilines is 1. The van der Waals surface area contributed by atoms with Crippen LogP contribution in [0.3, 0.4) is 0 Å². The lowest BCUT2D eigenvalue weighted by molar-refractivity contribution is -0.145. The molecule has 0 aromatic carbocycles. The van der Waals surface area contributed by atoms with Gasteiger partial charge in [0.2, 0.25) is 5.91 Å². The predicted molar refractivity (Wildman–Crippen MR) is 75.3 cm³/mol. The normalized spacial score (nSPS) is 25.1. The summed E-state index contributed by atoms with van der Waals surface area (Å²) >= 11 is 1.28. The molecule has 3 atom stereocenters. The largest absolute Gasteiger partial charge is 0.481 e. The Bertz CT molecular complexity index is 561. The maximum atomic E-state index is 12.3. The van der Waals surface area contributed by atoms with Crippen LogP contribution in [0, 0.1) is 29.1 Å². The van der Waals surface area contributed by atoms with Crippen LogP contribution in [0.1, 0.15) is 31.7 Å². The van der Waals surface area contributed by atoms with E-state index in [9.17, 15) is 14.7 Å². The Morgan fingerprint density at radius 2 is 2.20 bits per heavy atom. The van der Waals surface area contributed by atoms with Crippen LogP contribution in [-0.4, -0.2) is 17.0 Å². The van der Waals surface area contributed by atoms with E-state index in [4.69, 9.17) is 5.26 Å². The van der Waals surface area contributed by atoms with E-state index < -0.39 is 17.8 Å². The zero-order chi connectivity index (χ0) is 14.7. The number of carbonyl (C=O) groups excluding carboxylic acids is 1.